The highest BCUT2D eigenvalue weighted by Crippen LogP contribution is 2.36. The van der Waals surface area contributed by atoms with Crippen LogP contribution in [0.25, 0.3) is 0 Å². The third-order valence-electron chi connectivity index (χ3n) is 3.33. The van der Waals surface area contributed by atoms with Gasteiger partial charge in [-0.15, -0.1) is 0 Å². The van der Waals surface area contributed by atoms with Crippen LogP contribution in [0.15, 0.2) is 12.2 Å². The lowest BCUT2D eigenvalue weighted by Crippen LogP contribution is -2.26. The Hall–Kier alpha value is -0.300. The van der Waals surface area contributed by atoms with E-state index in [4.69, 9.17) is 0 Å². The Bertz CT molecular complexity index is 192. The van der Waals surface area contributed by atoms with Gasteiger partial charge in [-0.3, -0.25) is 0 Å². The first kappa shape index (κ1) is 11.8. The van der Waals surface area contributed by atoms with Crippen LogP contribution in [0.4, 0.5) is 0 Å². The summed E-state index contributed by atoms with van der Waals surface area (Å²) in [7, 11) is 0. The van der Waals surface area contributed by atoms with Crippen molar-refractivity contribution in [3.05, 3.63) is 12.2 Å². The van der Waals surface area contributed by atoms with E-state index >= 15 is 0 Å². The largest absolute Gasteiger partial charge is 0.390 e. The molecule has 0 aromatic heterocycles. The van der Waals surface area contributed by atoms with E-state index in [9.17, 15) is 5.11 Å². The summed E-state index contributed by atoms with van der Waals surface area (Å²) in [5.74, 6) is 1.47. The SMILES string of the molecule is C=C(C)C1CCC(CC(C)(C)O)CC1. The summed E-state index contributed by atoms with van der Waals surface area (Å²) in [4.78, 5) is 0. The topological polar surface area (TPSA) is 20.2 Å². The minimum absolute atomic E-state index is 0.485. The number of allylic oxidation sites excluding steroid dienone is 1. The Labute approximate surface area is 88.2 Å². The first-order valence-corrected chi connectivity index (χ1v) is 5.76. The van der Waals surface area contributed by atoms with Gasteiger partial charge in [-0.2, -0.15) is 0 Å². The Morgan fingerprint density at radius 2 is 1.79 bits per heavy atom. The molecule has 0 aromatic rings. The van der Waals surface area contributed by atoms with Crippen molar-refractivity contribution in [3.8, 4) is 0 Å². The van der Waals surface area contributed by atoms with Gasteiger partial charge < -0.3 is 5.11 Å². The number of aliphatic hydroxyl groups is 1. The maximum atomic E-state index is 9.73. The standard InChI is InChI=1S/C13H24O/c1-10(2)12-7-5-11(6-8-12)9-13(3,4)14/h11-12,14H,1,5-9H2,2-4H3. The zero-order valence-corrected chi connectivity index (χ0v) is 9.84. The minimum atomic E-state index is -0.485. The molecule has 0 saturated heterocycles. The van der Waals surface area contributed by atoms with Gasteiger partial charge in [-0.1, -0.05) is 12.2 Å². The number of rotatable bonds is 3. The molecule has 0 amide bonds. The van der Waals surface area contributed by atoms with Crippen LogP contribution in [0.3, 0.4) is 0 Å². The van der Waals surface area contributed by atoms with E-state index < -0.39 is 5.60 Å². The number of hydrogen-bond donors (Lipinski definition) is 1. The first-order valence-electron chi connectivity index (χ1n) is 5.76. The van der Waals surface area contributed by atoms with Crippen LogP contribution in [-0.4, -0.2) is 10.7 Å². The van der Waals surface area contributed by atoms with Crippen molar-refractivity contribution in [3.63, 3.8) is 0 Å². The highest BCUT2D eigenvalue weighted by atomic mass is 16.3. The van der Waals surface area contributed by atoms with Crippen LogP contribution in [-0.2, 0) is 0 Å². The summed E-state index contributed by atoms with van der Waals surface area (Å²) in [6, 6.07) is 0. The first-order chi connectivity index (χ1) is 6.38. The van der Waals surface area contributed by atoms with Crippen LogP contribution in [0.2, 0.25) is 0 Å². The molecule has 0 heterocycles. The van der Waals surface area contributed by atoms with Gasteiger partial charge in [-0.25, -0.2) is 0 Å². The smallest absolute Gasteiger partial charge is 0.0594 e. The molecule has 0 bridgehead atoms. The van der Waals surface area contributed by atoms with Crippen LogP contribution >= 0.6 is 0 Å². The summed E-state index contributed by atoms with van der Waals surface area (Å²) in [6.45, 7) is 10.00. The molecular formula is C13H24O. The predicted molar refractivity (Wildman–Crippen MR) is 61.2 cm³/mol. The van der Waals surface area contributed by atoms with E-state index in [1.54, 1.807) is 0 Å². The molecule has 0 atom stereocenters. The monoisotopic (exact) mass is 196 g/mol. The molecule has 82 valence electrons. The van der Waals surface area contributed by atoms with Crippen molar-refractivity contribution in [1.82, 2.24) is 0 Å². The van der Waals surface area contributed by atoms with Gasteiger partial charge in [0, 0.05) is 0 Å². The van der Waals surface area contributed by atoms with Gasteiger partial charge in [0.25, 0.3) is 0 Å². The van der Waals surface area contributed by atoms with Crippen molar-refractivity contribution in [2.45, 2.75) is 58.5 Å². The summed E-state index contributed by atoms with van der Waals surface area (Å²) in [6.07, 6.45) is 6.03. The number of hydrogen-bond acceptors (Lipinski definition) is 1. The summed E-state index contributed by atoms with van der Waals surface area (Å²) in [5, 5.41) is 9.73. The third kappa shape index (κ3) is 3.83. The second-order valence-corrected chi connectivity index (χ2v) is 5.58. The van der Waals surface area contributed by atoms with Crippen LogP contribution in [0, 0.1) is 11.8 Å². The van der Waals surface area contributed by atoms with E-state index in [0.29, 0.717) is 0 Å². The Morgan fingerprint density at radius 1 is 1.29 bits per heavy atom. The van der Waals surface area contributed by atoms with Gasteiger partial charge >= 0.3 is 0 Å². The summed E-state index contributed by atoms with van der Waals surface area (Å²) >= 11 is 0. The molecule has 0 radical (unpaired) electrons. The Balaban J connectivity index is 2.33. The molecule has 0 unspecified atom stereocenters. The lowest BCUT2D eigenvalue weighted by molar-refractivity contribution is 0.0435. The van der Waals surface area contributed by atoms with Gasteiger partial charge in [-0.05, 0) is 64.7 Å². The molecule has 1 N–H and O–H groups in total. The van der Waals surface area contributed by atoms with Gasteiger partial charge in [0.2, 0.25) is 0 Å². The van der Waals surface area contributed by atoms with Crippen LogP contribution < -0.4 is 0 Å². The molecule has 0 spiro atoms. The van der Waals surface area contributed by atoms with Gasteiger partial charge in [0.15, 0.2) is 0 Å². The van der Waals surface area contributed by atoms with Crippen molar-refractivity contribution in [1.29, 1.82) is 0 Å². The summed E-state index contributed by atoms with van der Waals surface area (Å²) in [5.41, 5.74) is 0.854. The lowest BCUT2D eigenvalue weighted by atomic mass is 9.76. The lowest BCUT2D eigenvalue weighted by Gasteiger charge is -2.32. The van der Waals surface area contributed by atoms with E-state index in [2.05, 4.69) is 13.5 Å². The van der Waals surface area contributed by atoms with Crippen molar-refractivity contribution in [2.75, 3.05) is 0 Å². The average Bonchev–Trinajstić information content (AvgIpc) is 2.02. The van der Waals surface area contributed by atoms with E-state index in [-0.39, 0.29) is 0 Å². The average molecular weight is 196 g/mol. The predicted octanol–water partition coefficient (Wildman–Crippen LogP) is 3.53. The van der Waals surface area contributed by atoms with Gasteiger partial charge in [0.1, 0.15) is 0 Å². The molecule has 1 aliphatic carbocycles. The highest BCUT2D eigenvalue weighted by molar-refractivity contribution is 4.98. The fourth-order valence-corrected chi connectivity index (χ4v) is 2.57. The molecule has 1 saturated carbocycles. The van der Waals surface area contributed by atoms with E-state index in [1.807, 2.05) is 13.8 Å². The maximum Gasteiger partial charge on any atom is 0.0594 e. The van der Waals surface area contributed by atoms with Crippen LogP contribution in [0.5, 0.6) is 0 Å². The summed E-state index contributed by atoms with van der Waals surface area (Å²) < 4.78 is 0. The molecule has 14 heavy (non-hydrogen) atoms. The molecular weight excluding hydrogens is 172 g/mol. The molecule has 1 aliphatic rings. The second kappa shape index (κ2) is 4.48. The fourth-order valence-electron chi connectivity index (χ4n) is 2.57. The van der Waals surface area contributed by atoms with E-state index in [1.165, 1.54) is 31.3 Å². The van der Waals surface area contributed by atoms with Crippen molar-refractivity contribution in [2.24, 2.45) is 11.8 Å². The Morgan fingerprint density at radius 3 is 2.14 bits per heavy atom. The third-order valence-corrected chi connectivity index (χ3v) is 3.33. The minimum Gasteiger partial charge on any atom is -0.390 e. The van der Waals surface area contributed by atoms with Crippen molar-refractivity contribution >= 4 is 0 Å². The molecule has 1 rings (SSSR count). The zero-order chi connectivity index (χ0) is 10.8. The second-order valence-electron chi connectivity index (χ2n) is 5.58. The van der Waals surface area contributed by atoms with Crippen LogP contribution in [0.1, 0.15) is 52.9 Å². The molecule has 0 aromatic carbocycles. The molecule has 1 heteroatoms. The normalized spacial score (nSPS) is 28.9. The van der Waals surface area contributed by atoms with Crippen molar-refractivity contribution < 1.29 is 5.11 Å². The Kier molecular flexibility index (Phi) is 3.77. The molecule has 0 aliphatic heterocycles. The van der Waals surface area contributed by atoms with Gasteiger partial charge in [0.05, 0.1) is 5.60 Å². The highest BCUT2D eigenvalue weighted by Gasteiger charge is 2.25. The van der Waals surface area contributed by atoms with E-state index in [0.717, 1.165) is 18.3 Å². The molecule has 1 fully saturated rings. The zero-order valence-electron chi connectivity index (χ0n) is 9.84. The maximum absolute atomic E-state index is 9.73. The quantitative estimate of drug-likeness (QED) is 0.685. The fraction of sp³-hybridized carbons (Fsp3) is 0.846. The molecule has 1 nitrogen and oxygen atoms in total.